The van der Waals surface area contributed by atoms with Crippen LogP contribution in [0.2, 0.25) is 0 Å². The first-order chi connectivity index (χ1) is 13.2. The van der Waals surface area contributed by atoms with Gasteiger partial charge in [0.2, 0.25) is 15.9 Å². The summed E-state index contributed by atoms with van der Waals surface area (Å²) in [6, 6.07) is 11.9. The van der Waals surface area contributed by atoms with Crippen LogP contribution < -0.4 is 19.9 Å². The standard InChI is InChI=1S/C20H26N2O5S/c1-14(12-16-6-9-18(26-2)19(13-16)27-3)20(23)22-11-10-15-4-7-17(8-5-15)28(21,24)25/h4-9,13-14H,10-12H2,1-3H3,(H,22,23)(H2,21,24,25). The van der Waals surface area contributed by atoms with E-state index in [1.165, 1.54) is 12.1 Å². The molecule has 0 saturated carbocycles. The molecular weight excluding hydrogens is 380 g/mol. The first-order valence-electron chi connectivity index (χ1n) is 8.85. The van der Waals surface area contributed by atoms with Crippen LogP contribution in [0.3, 0.4) is 0 Å². The van der Waals surface area contributed by atoms with Gasteiger partial charge in [-0.1, -0.05) is 25.1 Å². The lowest BCUT2D eigenvalue weighted by Gasteiger charge is -2.14. The van der Waals surface area contributed by atoms with E-state index in [0.29, 0.717) is 30.9 Å². The van der Waals surface area contributed by atoms with Gasteiger partial charge in [-0.15, -0.1) is 0 Å². The molecule has 28 heavy (non-hydrogen) atoms. The average molecular weight is 407 g/mol. The lowest BCUT2D eigenvalue weighted by molar-refractivity contribution is -0.124. The van der Waals surface area contributed by atoms with Gasteiger partial charge in [-0.2, -0.15) is 0 Å². The fourth-order valence-electron chi connectivity index (χ4n) is 2.80. The van der Waals surface area contributed by atoms with Crippen molar-refractivity contribution in [3.63, 3.8) is 0 Å². The Hall–Kier alpha value is -2.58. The highest BCUT2D eigenvalue weighted by Crippen LogP contribution is 2.28. The van der Waals surface area contributed by atoms with Crippen LogP contribution >= 0.6 is 0 Å². The molecule has 0 aromatic heterocycles. The second-order valence-corrected chi connectivity index (χ2v) is 8.09. The minimum atomic E-state index is -3.69. The van der Waals surface area contributed by atoms with Gasteiger partial charge >= 0.3 is 0 Å². The topological polar surface area (TPSA) is 108 Å². The summed E-state index contributed by atoms with van der Waals surface area (Å²) in [7, 11) is -0.535. The summed E-state index contributed by atoms with van der Waals surface area (Å²) in [5, 5.41) is 7.99. The van der Waals surface area contributed by atoms with Crippen molar-refractivity contribution in [2.24, 2.45) is 11.1 Å². The van der Waals surface area contributed by atoms with Gasteiger partial charge in [-0.3, -0.25) is 4.79 Å². The summed E-state index contributed by atoms with van der Waals surface area (Å²) in [6.07, 6.45) is 1.18. The number of hydrogen-bond acceptors (Lipinski definition) is 5. The molecule has 7 nitrogen and oxygen atoms in total. The van der Waals surface area contributed by atoms with Gasteiger partial charge in [-0.25, -0.2) is 13.6 Å². The van der Waals surface area contributed by atoms with Crippen molar-refractivity contribution in [1.82, 2.24) is 5.32 Å². The second-order valence-electron chi connectivity index (χ2n) is 6.52. The smallest absolute Gasteiger partial charge is 0.238 e. The molecule has 0 aliphatic heterocycles. The quantitative estimate of drug-likeness (QED) is 0.661. The van der Waals surface area contributed by atoms with Gasteiger partial charge in [-0.05, 0) is 48.2 Å². The van der Waals surface area contributed by atoms with Gasteiger partial charge in [0.25, 0.3) is 0 Å². The van der Waals surface area contributed by atoms with E-state index in [2.05, 4.69) is 5.32 Å². The minimum Gasteiger partial charge on any atom is -0.493 e. The number of sulfonamides is 1. The summed E-state index contributed by atoms with van der Waals surface area (Å²) >= 11 is 0. The van der Waals surface area contributed by atoms with Crippen molar-refractivity contribution in [1.29, 1.82) is 0 Å². The predicted molar refractivity (Wildman–Crippen MR) is 107 cm³/mol. The molecular formula is C20H26N2O5S. The van der Waals surface area contributed by atoms with Crippen LogP contribution in [0.15, 0.2) is 47.4 Å². The molecule has 1 amide bonds. The second kappa shape index (κ2) is 9.57. The number of benzene rings is 2. The fourth-order valence-corrected chi connectivity index (χ4v) is 3.32. The lowest BCUT2D eigenvalue weighted by atomic mass is 10.00. The number of nitrogens with two attached hydrogens (primary N) is 1. The summed E-state index contributed by atoms with van der Waals surface area (Å²) in [6.45, 7) is 2.33. The first kappa shape index (κ1) is 21.7. The number of amides is 1. The van der Waals surface area contributed by atoms with E-state index in [-0.39, 0.29) is 16.7 Å². The third-order valence-corrected chi connectivity index (χ3v) is 5.33. The molecule has 3 N–H and O–H groups in total. The van der Waals surface area contributed by atoms with Crippen LogP contribution in [0.4, 0.5) is 0 Å². The number of nitrogens with one attached hydrogen (secondary N) is 1. The first-order valence-corrected chi connectivity index (χ1v) is 10.4. The molecule has 1 unspecified atom stereocenters. The summed E-state index contributed by atoms with van der Waals surface area (Å²) in [5.74, 6) is 1.03. The van der Waals surface area contributed by atoms with Gasteiger partial charge in [0, 0.05) is 12.5 Å². The average Bonchev–Trinajstić information content (AvgIpc) is 2.67. The molecule has 0 aliphatic carbocycles. The van der Waals surface area contributed by atoms with E-state index in [9.17, 15) is 13.2 Å². The summed E-state index contributed by atoms with van der Waals surface area (Å²) in [4.78, 5) is 12.4. The number of methoxy groups -OCH3 is 2. The van der Waals surface area contributed by atoms with E-state index in [0.717, 1.165) is 11.1 Å². The monoisotopic (exact) mass is 406 g/mol. The van der Waals surface area contributed by atoms with Crippen LogP contribution in [-0.2, 0) is 27.7 Å². The molecule has 0 aliphatic rings. The molecule has 0 fully saturated rings. The highest BCUT2D eigenvalue weighted by molar-refractivity contribution is 7.89. The Morgan fingerprint density at radius 3 is 2.21 bits per heavy atom. The zero-order chi connectivity index (χ0) is 20.7. The van der Waals surface area contributed by atoms with Crippen molar-refractivity contribution in [2.75, 3.05) is 20.8 Å². The molecule has 152 valence electrons. The Bertz CT molecular complexity index is 911. The SMILES string of the molecule is COc1ccc(CC(C)C(=O)NCCc2ccc(S(N)(=O)=O)cc2)cc1OC. The molecule has 2 aromatic rings. The molecule has 2 rings (SSSR count). The number of carbonyl (C=O) groups excluding carboxylic acids is 1. The van der Waals surface area contributed by atoms with Crippen LogP contribution in [0, 0.1) is 5.92 Å². The number of ether oxygens (including phenoxy) is 2. The molecule has 0 spiro atoms. The lowest BCUT2D eigenvalue weighted by Crippen LogP contribution is -2.31. The van der Waals surface area contributed by atoms with Crippen molar-refractivity contribution < 1.29 is 22.7 Å². The molecule has 0 radical (unpaired) electrons. The van der Waals surface area contributed by atoms with Crippen LogP contribution in [0.1, 0.15) is 18.1 Å². The van der Waals surface area contributed by atoms with Crippen LogP contribution in [0.5, 0.6) is 11.5 Å². The normalized spacial score (nSPS) is 12.3. The van der Waals surface area contributed by atoms with E-state index >= 15 is 0 Å². The number of rotatable bonds is 9. The van der Waals surface area contributed by atoms with Gasteiger partial charge in [0.15, 0.2) is 11.5 Å². The molecule has 2 aromatic carbocycles. The van der Waals surface area contributed by atoms with Crippen LogP contribution in [0.25, 0.3) is 0 Å². The Morgan fingerprint density at radius 2 is 1.64 bits per heavy atom. The number of carbonyl (C=O) groups is 1. The van der Waals surface area contributed by atoms with Crippen molar-refractivity contribution in [2.45, 2.75) is 24.7 Å². The predicted octanol–water partition coefficient (Wildman–Crippen LogP) is 1.89. The number of hydrogen-bond donors (Lipinski definition) is 2. The maximum absolute atomic E-state index is 12.3. The molecule has 0 saturated heterocycles. The summed E-state index contributed by atoms with van der Waals surface area (Å²) in [5.41, 5.74) is 1.90. The third kappa shape index (κ3) is 5.97. The summed E-state index contributed by atoms with van der Waals surface area (Å²) < 4.78 is 33.0. The Morgan fingerprint density at radius 1 is 1.04 bits per heavy atom. The van der Waals surface area contributed by atoms with Crippen molar-refractivity contribution in [3.8, 4) is 11.5 Å². The highest BCUT2D eigenvalue weighted by Gasteiger charge is 2.15. The van der Waals surface area contributed by atoms with Crippen molar-refractivity contribution >= 4 is 15.9 Å². The Labute approximate surface area is 165 Å². The Kier molecular flexibility index (Phi) is 7.42. The van der Waals surface area contributed by atoms with Gasteiger partial charge in [0.1, 0.15) is 0 Å². The third-order valence-electron chi connectivity index (χ3n) is 4.40. The zero-order valence-electron chi connectivity index (χ0n) is 16.3. The molecule has 0 heterocycles. The number of primary sulfonamides is 1. The van der Waals surface area contributed by atoms with E-state index in [4.69, 9.17) is 14.6 Å². The van der Waals surface area contributed by atoms with Crippen LogP contribution in [-0.4, -0.2) is 35.1 Å². The van der Waals surface area contributed by atoms with Crippen molar-refractivity contribution in [3.05, 3.63) is 53.6 Å². The van der Waals surface area contributed by atoms with Gasteiger partial charge in [0.05, 0.1) is 19.1 Å². The van der Waals surface area contributed by atoms with E-state index in [1.54, 1.807) is 26.4 Å². The minimum absolute atomic E-state index is 0.0454. The maximum atomic E-state index is 12.3. The maximum Gasteiger partial charge on any atom is 0.238 e. The highest BCUT2D eigenvalue weighted by atomic mass is 32.2. The molecule has 1 atom stereocenters. The van der Waals surface area contributed by atoms with E-state index in [1.807, 2.05) is 25.1 Å². The fraction of sp³-hybridized carbons (Fsp3) is 0.350. The molecule has 8 heteroatoms. The molecule has 0 bridgehead atoms. The zero-order valence-corrected chi connectivity index (χ0v) is 17.1. The Balaban J connectivity index is 1.86. The van der Waals surface area contributed by atoms with E-state index < -0.39 is 10.0 Å². The largest absolute Gasteiger partial charge is 0.493 e. The van der Waals surface area contributed by atoms with Gasteiger partial charge < -0.3 is 14.8 Å².